The third-order valence-electron chi connectivity index (χ3n) is 8.23. The first-order valence-corrected chi connectivity index (χ1v) is 11.9. The number of hydrogen-bond donors (Lipinski definition) is 1. The number of ether oxygens (including phenoxy) is 2. The van der Waals surface area contributed by atoms with Gasteiger partial charge in [0.25, 0.3) is 0 Å². The van der Waals surface area contributed by atoms with E-state index in [0.717, 1.165) is 35.2 Å². The van der Waals surface area contributed by atoms with Crippen molar-refractivity contribution in [3.8, 4) is 11.5 Å². The molecule has 0 aromatic heterocycles. The highest BCUT2D eigenvalue weighted by Crippen LogP contribution is 2.61. The molecule has 1 N–H and O–H groups in total. The molecule has 4 atom stereocenters. The zero-order chi connectivity index (χ0) is 23.4. The lowest BCUT2D eigenvalue weighted by molar-refractivity contribution is -0.135. The maximum absolute atomic E-state index is 14.1. The Morgan fingerprint density at radius 2 is 1.79 bits per heavy atom. The van der Waals surface area contributed by atoms with Crippen molar-refractivity contribution in [1.82, 2.24) is 4.90 Å². The topological polar surface area (TPSA) is 88.2 Å². The van der Waals surface area contributed by atoms with Gasteiger partial charge in [0.2, 0.25) is 17.7 Å². The second-order valence-corrected chi connectivity index (χ2v) is 9.97. The van der Waals surface area contributed by atoms with Gasteiger partial charge in [0.1, 0.15) is 18.8 Å². The summed E-state index contributed by atoms with van der Waals surface area (Å²) in [5.74, 6) is -0.937. The van der Waals surface area contributed by atoms with Crippen molar-refractivity contribution >= 4 is 29.1 Å². The molecule has 174 valence electrons. The fourth-order valence-corrected chi connectivity index (χ4v) is 7.09. The van der Waals surface area contributed by atoms with Gasteiger partial charge in [-0.15, -0.1) is 0 Å². The Kier molecular flexibility index (Phi) is 3.89. The molecule has 2 aromatic carbocycles. The van der Waals surface area contributed by atoms with Crippen LogP contribution in [0.5, 0.6) is 11.5 Å². The molecule has 2 aromatic rings. The summed E-state index contributed by atoms with van der Waals surface area (Å²) < 4.78 is 11.3. The van der Waals surface area contributed by atoms with Crippen molar-refractivity contribution < 1.29 is 23.9 Å². The van der Waals surface area contributed by atoms with E-state index in [-0.39, 0.29) is 23.8 Å². The van der Waals surface area contributed by atoms with Gasteiger partial charge in [0.15, 0.2) is 11.5 Å². The standard InChI is InChI=1S/C26H25N3O5/c1-13-10-14(2)22-16(11-13)26(25(32)27-22)21-20(17-4-3-7-28(17)26)23(30)29(24(21)31)15-5-6-18-19(12-15)34-9-8-33-18/h5-6,10-12,17,20-21H,3-4,7-9H2,1-2H3,(H,27,32). The van der Waals surface area contributed by atoms with Crippen LogP contribution in [0.3, 0.4) is 0 Å². The van der Waals surface area contributed by atoms with Gasteiger partial charge in [-0.25, -0.2) is 4.90 Å². The van der Waals surface area contributed by atoms with Crippen LogP contribution in [0.4, 0.5) is 11.4 Å². The number of nitrogens with zero attached hydrogens (tertiary/aromatic N) is 2. The van der Waals surface area contributed by atoms with Gasteiger partial charge >= 0.3 is 0 Å². The Bertz CT molecular complexity index is 1310. The first kappa shape index (κ1) is 20.0. The molecule has 3 amide bonds. The molecule has 5 aliphatic rings. The summed E-state index contributed by atoms with van der Waals surface area (Å²) in [5, 5.41) is 3.08. The molecule has 0 saturated carbocycles. The van der Waals surface area contributed by atoms with E-state index in [1.165, 1.54) is 4.90 Å². The zero-order valence-electron chi connectivity index (χ0n) is 19.1. The minimum Gasteiger partial charge on any atom is -0.486 e. The van der Waals surface area contributed by atoms with E-state index in [0.29, 0.717) is 36.9 Å². The minimum atomic E-state index is -1.16. The predicted molar refractivity (Wildman–Crippen MR) is 123 cm³/mol. The summed E-state index contributed by atoms with van der Waals surface area (Å²) in [6, 6.07) is 9.07. The number of anilines is 2. The van der Waals surface area contributed by atoms with Gasteiger partial charge in [0.05, 0.1) is 17.5 Å². The number of imide groups is 1. The van der Waals surface area contributed by atoms with Crippen LogP contribution in [-0.2, 0) is 19.9 Å². The molecule has 34 heavy (non-hydrogen) atoms. The van der Waals surface area contributed by atoms with E-state index in [4.69, 9.17) is 9.47 Å². The van der Waals surface area contributed by atoms with E-state index in [9.17, 15) is 14.4 Å². The maximum Gasteiger partial charge on any atom is 0.250 e. The summed E-state index contributed by atoms with van der Waals surface area (Å²) >= 11 is 0. The second kappa shape index (κ2) is 6.60. The highest BCUT2D eigenvalue weighted by atomic mass is 16.6. The van der Waals surface area contributed by atoms with Gasteiger partial charge < -0.3 is 14.8 Å². The Morgan fingerprint density at radius 1 is 1.00 bits per heavy atom. The van der Waals surface area contributed by atoms with E-state index < -0.39 is 17.4 Å². The zero-order valence-corrected chi connectivity index (χ0v) is 19.1. The summed E-state index contributed by atoms with van der Waals surface area (Å²) in [5.41, 5.74) is 2.92. The minimum absolute atomic E-state index is 0.138. The van der Waals surface area contributed by atoms with Crippen molar-refractivity contribution in [2.24, 2.45) is 11.8 Å². The molecule has 3 fully saturated rings. The molecule has 3 saturated heterocycles. The Labute approximate surface area is 196 Å². The molecule has 5 heterocycles. The SMILES string of the molecule is Cc1cc(C)c2c(c1)C1(C(=O)N2)C2C(=O)N(c3ccc4c(c3)OCCO4)C(=O)C2C2CCCN21. The molecule has 0 aliphatic carbocycles. The Hall–Kier alpha value is -3.39. The van der Waals surface area contributed by atoms with Crippen LogP contribution >= 0.6 is 0 Å². The van der Waals surface area contributed by atoms with Crippen LogP contribution in [0.1, 0.15) is 29.5 Å². The van der Waals surface area contributed by atoms with Gasteiger partial charge in [0, 0.05) is 23.4 Å². The first-order valence-electron chi connectivity index (χ1n) is 11.9. The largest absolute Gasteiger partial charge is 0.486 e. The van der Waals surface area contributed by atoms with E-state index in [1.54, 1.807) is 18.2 Å². The highest BCUT2D eigenvalue weighted by Gasteiger charge is 2.74. The maximum atomic E-state index is 14.1. The van der Waals surface area contributed by atoms with Crippen molar-refractivity contribution in [3.05, 3.63) is 47.0 Å². The molecule has 8 heteroatoms. The van der Waals surface area contributed by atoms with Crippen LogP contribution in [-0.4, -0.2) is 48.4 Å². The normalized spacial score (nSPS) is 31.2. The monoisotopic (exact) mass is 459 g/mol. The van der Waals surface area contributed by atoms with Gasteiger partial charge in [-0.3, -0.25) is 19.3 Å². The van der Waals surface area contributed by atoms with Crippen LogP contribution in [0.25, 0.3) is 0 Å². The Balaban J connectivity index is 1.40. The van der Waals surface area contributed by atoms with Crippen molar-refractivity contribution in [1.29, 1.82) is 0 Å². The van der Waals surface area contributed by atoms with Crippen molar-refractivity contribution in [3.63, 3.8) is 0 Å². The summed E-state index contributed by atoms with van der Waals surface area (Å²) in [7, 11) is 0. The number of fused-ring (bicyclic) bond motifs is 8. The summed E-state index contributed by atoms with van der Waals surface area (Å²) in [6.45, 7) is 5.55. The van der Waals surface area contributed by atoms with Crippen LogP contribution in [0, 0.1) is 25.7 Å². The van der Waals surface area contributed by atoms with E-state index in [1.807, 2.05) is 26.0 Å². The number of carbonyl (C=O) groups excluding carboxylic acids is 3. The molecule has 8 nitrogen and oxygen atoms in total. The van der Waals surface area contributed by atoms with Crippen LogP contribution in [0.15, 0.2) is 30.3 Å². The molecular weight excluding hydrogens is 434 g/mol. The average Bonchev–Trinajstić information content (AvgIpc) is 3.52. The lowest BCUT2D eigenvalue weighted by Crippen LogP contribution is -2.54. The van der Waals surface area contributed by atoms with Gasteiger partial charge in [-0.1, -0.05) is 17.7 Å². The van der Waals surface area contributed by atoms with Crippen LogP contribution < -0.4 is 19.7 Å². The van der Waals surface area contributed by atoms with Crippen molar-refractivity contribution in [2.75, 3.05) is 30.0 Å². The summed E-state index contributed by atoms with van der Waals surface area (Å²) in [4.78, 5) is 45.2. The molecular formula is C26H25N3O5. The van der Waals surface area contributed by atoms with Crippen molar-refractivity contribution in [2.45, 2.75) is 38.3 Å². The molecule has 0 radical (unpaired) electrons. The number of aryl methyl sites for hydroxylation is 2. The smallest absolute Gasteiger partial charge is 0.250 e. The van der Waals surface area contributed by atoms with Gasteiger partial charge in [-0.05, 0) is 50.9 Å². The second-order valence-electron chi connectivity index (χ2n) is 9.97. The third kappa shape index (κ3) is 2.24. The van der Waals surface area contributed by atoms with E-state index in [2.05, 4.69) is 10.2 Å². The lowest BCUT2D eigenvalue weighted by atomic mass is 9.75. The summed E-state index contributed by atoms with van der Waals surface area (Å²) in [6.07, 6.45) is 1.69. The number of amides is 3. The number of benzene rings is 2. The predicted octanol–water partition coefficient (Wildman–Crippen LogP) is 2.51. The molecule has 7 rings (SSSR count). The number of nitrogens with one attached hydrogen (secondary N) is 1. The fraction of sp³-hybridized carbons (Fsp3) is 0.423. The number of carbonyl (C=O) groups is 3. The number of rotatable bonds is 1. The lowest BCUT2D eigenvalue weighted by Gasteiger charge is -2.37. The van der Waals surface area contributed by atoms with Gasteiger partial charge in [-0.2, -0.15) is 0 Å². The average molecular weight is 460 g/mol. The molecule has 0 bridgehead atoms. The van der Waals surface area contributed by atoms with Crippen LogP contribution in [0.2, 0.25) is 0 Å². The molecule has 4 unspecified atom stereocenters. The van der Waals surface area contributed by atoms with E-state index >= 15 is 0 Å². The fourth-order valence-electron chi connectivity index (χ4n) is 7.09. The molecule has 1 spiro atoms. The third-order valence-corrected chi connectivity index (χ3v) is 8.23. The quantitative estimate of drug-likeness (QED) is 0.660. The first-order chi connectivity index (χ1) is 16.4. The Morgan fingerprint density at radius 3 is 2.62 bits per heavy atom. The molecule has 5 aliphatic heterocycles. The number of hydrogen-bond acceptors (Lipinski definition) is 6. The highest BCUT2D eigenvalue weighted by molar-refractivity contribution is 6.26.